The van der Waals surface area contributed by atoms with Gasteiger partial charge < -0.3 is 11.1 Å². The third kappa shape index (κ3) is 2.57. The molecule has 0 fully saturated rings. The van der Waals surface area contributed by atoms with Crippen LogP contribution in [0.2, 0.25) is 5.02 Å². The summed E-state index contributed by atoms with van der Waals surface area (Å²) in [6.45, 7) is 0. The maximum absolute atomic E-state index is 8.96. The van der Waals surface area contributed by atoms with Crippen LogP contribution in [0.25, 0.3) is 10.9 Å². The molecule has 0 bridgehead atoms. The van der Waals surface area contributed by atoms with Crippen molar-refractivity contribution in [2.45, 2.75) is 0 Å². The van der Waals surface area contributed by atoms with Crippen LogP contribution in [0.15, 0.2) is 42.7 Å². The monoisotopic (exact) mass is 295 g/mol. The number of anilines is 3. The summed E-state index contributed by atoms with van der Waals surface area (Å²) in [6, 6.07) is 12.5. The molecular formula is C15H10ClN5. The molecule has 3 aromatic rings. The van der Waals surface area contributed by atoms with Crippen LogP contribution < -0.4 is 11.1 Å². The van der Waals surface area contributed by atoms with Crippen molar-refractivity contribution < 1.29 is 0 Å². The van der Waals surface area contributed by atoms with Crippen LogP contribution in [0, 0.1) is 11.3 Å². The zero-order valence-electron chi connectivity index (χ0n) is 10.8. The zero-order valence-corrected chi connectivity index (χ0v) is 11.6. The van der Waals surface area contributed by atoms with Crippen molar-refractivity contribution in [3.63, 3.8) is 0 Å². The van der Waals surface area contributed by atoms with E-state index in [2.05, 4.69) is 21.4 Å². The number of nitrogen functional groups attached to an aromatic ring is 1. The van der Waals surface area contributed by atoms with Gasteiger partial charge in [-0.2, -0.15) is 5.26 Å². The normalized spacial score (nSPS) is 10.3. The van der Waals surface area contributed by atoms with Crippen molar-refractivity contribution in [2.75, 3.05) is 11.1 Å². The van der Waals surface area contributed by atoms with Gasteiger partial charge in [-0.3, -0.25) is 0 Å². The molecule has 6 heteroatoms. The van der Waals surface area contributed by atoms with Crippen molar-refractivity contribution in [1.29, 1.82) is 5.26 Å². The first-order valence-electron chi connectivity index (χ1n) is 6.14. The minimum atomic E-state index is 0.504. The molecule has 0 radical (unpaired) electrons. The first-order chi connectivity index (χ1) is 10.2. The third-order valence-corrected chi connectivity index (χ3v) is 3.34. The summed E-state index contributed by atoms with van der Waals surface area (Å²) in [7, 11) is 0. The molecule has 0 atom stereocenters. The number of rotatable bonds is 2. The molecule has 0 aliphatic rings. The summed E-state index contributed by atoms with van der Waals surface area (Å²) in [6.07, 6.45) is 1.46. The Morgan fingerprint density at radius 2 is 2.00 bits per heavy atom. The van der Waals surface area contributed by atoms with Gasteiger partial charge in [0.1, 0.15) is 12.1 Å². The molecule has 0 aliphatic carbocycles. The number of nitrogens with zero attached hydrogens (tertiary/aromatic N) is 3. The van der Waals surface area contributed by atoms with E-state index >= 15 is 0 Å². The van der Waals surface area contributed by atoms with E-state index in [1.165, 1.54) is 6.33 Å². The van der Waals surface area contributed by atoms with Crippen LogP contribution >= 0.6 is 11.6 Å². The number of aromatic nitrogens is 2. The summed E-state index contributed by atoms with van der Waals surface area (Å²) in [5.74, 6) is 0.587. The third-order valence-electron chi connectivity index (χ3n) is 3.01. The van der Waals surface area contributed by atoms with Crippen LogP contribution in [0.3, 0.4) is 0 Å². The number of nitriles is 1. The Bertz CT molecular complexity index is 870. The molecule has 1 aromatic heterocycles. The molecule has 5 nitrogen and oxygen atoms in total. The molecule has 3 rings (SSSR count). The summed E-state index contributed by atoms with van der Waals surface area (Å²) >= 11 is 6.15. The standard InChI is InChI=1S/C15H10ClN5/c16-12-3-1-9(7-17)5-14(12)21-15-11-6-10(18)2-4-13(11)19-8-20-15/h1-6,8H,18H2,(H,19,20,21). The highest BCUT2D eigenvalue weighted by Crippen LogP contribution is 2.29. The van der Waals surface area contributed by atoms with Gasteiger partial charge in [0.25, 0.3) is 0 Å². The zero-order chi connectivity index (χ0) is 14.8. The Kier molecular flexibility index (Phi) is 3.30. The lowest BCUT2D eigenvalue weighted by molar-refractivity contribution is 1.22. The summed E-state index contributed by atoms with van der Waals surface area (Å²) < 4.78 is 0. The Morgan fingerprint density at radius 3 is 2.81 bits per heavy atom. The molecule has 1 heterocycles. The van der Waals surface area contributed by atoms with Gasteiger partial charge in [0.15, 0.2) is 0 Å². The van der Waals surface area contributed by atoms with Gasteiger partial charge >= 0.3 is 0 Å². The van der Waals surface area contributed by atoms with E-state index in [-0.39, 0.29) is 0 Å². The number of halogens is 1. The van der Waals surface area contributed by atoms with Crippen molar-refractivity contribution in [1.82, 2.24) is 9.97 Å². The van der Waals surface area contributed by atoms with Crippen LogP contribution in [-0.4, -0.2) is 9.97 Å². The Balaban J connectivity index is 2.10. The summed E-state index contributed by atoms with van der Waals surface area (Å²) in [5.41, 5.74) is 8.33. The van der Waals surface area contributed by atoms with Gasteiger partial charge in [-0.1, -0.05) is 11.6 Å². The lowest BCUT2D eigenvalue weighted by Gasteiger charge is -2.10. The lowest BCUT2D eigenvalue weighted by Crippen LogP contribution is -1.98. The van der Waals surface area contributed by atoms with E-state index < -0.39 is 0 Å². The van der Waals surface area contributed by atoms with Crippen molar-refractivity contribution in [2.24, 2.45) is 0 Å². The molecule has 0 saturated heterocycles. The Hall–Kier alpha value is -2.84. The van der Waals surface area contributed by atoms with Crippen molar-refractivity contribution in [3.05, 3.63) is 53.3 Å². The first kappa shape index (κ1) is 13.2. The molecule has 0 amide bonds. The number of hydrogen-bond acceptors (Lipinski definition) is 5. The number of nitrogens with two attached hydrogens (primary N) is 1. The molecule has 2 aromatic carbocycles. The fourth-order valence-corrected chi connectivity index (χ4v) is 2.16. The Morgan fingerprint density at radius 1 is 1.14 bits per heavy atom. The van der Waals surface area contributed by atoms with Gasteiger partial charge in [0, 0.05) is 11.1 Å². The first-order valence-corrected chi connectivity index (χ1v) is 6.52. The smallest absolute Gasteiger partial charge is 0.141 e. The largest absolute Gasteiger partial charge is 0.399 e. The average molecular weight is 296 g/mol. The number of fused-ring (bicyclic) bond motifs is 1. The molecule has 0 saturated carbocycles. The van der Waals surface area contributed by atoms with E-state index in [9.17, 15) is 0 Å². The molecule has 21 heavy (non-hydrogen) atoms. The second kappa shape index (κ2) is 5.27. The minimum absolute atomic E-state index is 0.504. The van der Waals surface area contributed by atoms with Crippen molar-refractivity contribution in [3.8, 4) is 6.07 Å². The highest BCUT2D eigenvalue weighted by Gasteiger charge is 2.07. The highest BCUT2D eigenvalue weighted by atomic mass is 35.5. The predicted molar refractivity (Wildman–Crippen MR) is 83.4 cm³/mol. The SMILES string of the molecule is N#Cc1ccc(Cl)c(Nc2ncnc3ccc(N)cc23)c1. The van der Waals surface area contributed by atoms with Gasteiger partial charge in [-0.15, -0.1) is 0 Å². The molecule has 0 aliphatic heterocycles. The van der Waals surface area contributed by atoms with Gasteiger partial charge in [-0.25, -0.2) is 9.97 Å². The lowest BCUT2D eigenvalue weighted by atomic mass is 10.2. The van der Waals surface area contributed by atoms with Crippen LogP contribution in [0.1, 0.15) is 5.56 Å². The Labute approximate surface area is 126 Å². The molecule has 102 valence electrons. The van der Waals surface area contributed by atoms with E-state index in [1.807, 2.05) is 6.07 Å². The van der Waals surface area contributed by atoms with Gasteiger partial charge in [0.2, 0.25) is 0 Å². The highest BCUT2D eigenvalue weighted by molar-refractivity contribution is 6.33. The minimum Gasteiger partial charge on any atom is -0.399 e. The maximum Gasteiger partial charge on any atom is 0.141 e. The number of nitrogens with one attached hydrogen (secondary N) is 1. The molecule has 3 N–H and O–H groups in total. The second-order valence-electron chi connectivity index (χ2n) is 4.43. The van der Waals surface area contributed by atoms with Gasteiger partial charge in [0.05, 0.1) is 27.9 Å². The van der Waals surface area contributed by atoms with E-state index in [0.717, 1.165) is 10.9 Å². The average Bonchev–Trinajstić information content (AvgIpc) is 2.50. The number of benzene rings is 2. The molecular weight excluding hydrogens is 286 g/mol. The van der Waals surface area contributed by atoms with Crippen molar-refractivity contribution >= 4 is 39.7 Å². The van der Waals surface area contributed by atoms with Crippen LogP contribution in [-0.2, 0) is 0 Å². The summed E-state index contributed by atoms with van der Waals surface area (Å²) in [5, 5.41) is 13.4. The number of hydrogen-bond donors (Lipinski definition) is 2. The molecule has 0 unspecified atom stereocenters. The van der Waals surface area contributed by atoms with E-state index in [4.69, 9.17) is 22.6 Å². The topological polar surface area (TPSA) is 87.6 Å². The van der Waals surface area contributed by atoms with Crippen LogP contribution in [0.5, 0.6) is 0 Å². The second-order valence-corrected chi connectivity index (χ2v) is 4.84. The fraction of sp³-hybridized carbons (Fsp3) is 0. The molecule has 0 spiro atoms. The summed E-state index contributed by atoms with van der Waals surface area (Å²) in [4.78, 5) is 8.41. The van der Waals surface area contributed by atoms with E-state index in [1.54, 1.807) is 30.3 Å². The quantitative estimate of drug-likeness (QED) is 0.707. The van der Waals surface area contributed by atoms with Crippen LogP contribution in [0.4, 0.5) is 17.2 Å². The predicted octanol–water partition coefficient (Wildman–Crippen LogP) is 3.48. The van der Waals surface area contributed by atoms with Gasteiger partial charge in [-0.05, 0) is 36.4 Å². The van der Waals surface area contributed by atoms with E-state index in [0.29, 0.717) is 27.8 Å². The maximum atomic E-state index is 8.96. The fourth-order valence-electron chi connectivity index (χ4n) is 1.99.